The number of carbonyl (C=O) groups is 1. The van der Waals surface area contributed by atoms with Crippen LogP contribution in [0.15, 0.2) is 91.0 Å². The summed E-state index contributed by atoms with van der Waals surface area (Å²) >= 11 is 0. The molecule has 5 rings (SSSR count). The minimum absolute atomic E-state index is 0.232. The van der Waals surface area contributed by atoms with Crippen molar-refractivity contribution < 1.29 is 9.53 Å². The van der Waals surface area contributed by atoms with Crippen molar-refractivity contribution in [3.63, 3.8) is 0 Å². The number of ether oxygens (including phenoxy) is 1. The minimum atomic E-state index is -0.350. The van der Waals surface area contributed by atoms with Gasteiger partial charge in [0.25, 0.3) is 0 Å². The summed E-state index contributed by atoms with van der Waals surface area (Å²) in [6.45, 7) is 2.20. The SMILES string of the molecule is Cc1nc2cc(C(=O)OCc3cccc4ccccc34)ccc2n1-c1ccccc1. The Hall–Kier alpha value is -3.92. The highest BCUT2D eigenvalue weighted by atomic mass is 16.5. The lowest BCUT2D eigenvalue weighted by Gasteiger charge is -2.09. The summed E-state index contributed by atoms with van der Waals surface area (Å²) in [7, 11) is 0. The van der Waals surface area contributed by atoms with Gasteiger partial charge in [-0.25, -0.2) is 9.78 Å². The van der Waals surface area contributed by atoms with E-state index in [1.165, 1.54) is 0 Å². The van der Waals surface area contributed by atoms with Crippen LogP contribution in [0.1, 0.15) is 21.7 Å². The number of fused-ring (bicyclic) bond motifs is 2. The van der Waals surface area contributed by atoms with E-state index in [4.69, 9.17) is 4.74 Å². The lowest BCUT2D eigenvalue weighted by molar-refractivity contribution is 0.0474. The molecule has 0 N–H and O–H groups in total. The molecule has 5 aromatic rings. The maximum Gasteiger partial charge on any atom is 0.338 e. The molecule has 0 fully saturated rings. The molecule has 0 radical (unpaired) electrons. The molecule has 0 unspecified atom stereocenters. The lowest BCUT2D eigenvalue weighted by atomic mass is 10.1. The highest BCUT2D eigenvalue weighted by Gasteiger charge is 2.14. The zero-order valence-corrected chi connectivity index (χ0v) is 16.6. The second-order valence-corrected chi connectivity index (χ2v) is 7.25. The number of rotatable bonds is 4. The number of aryl methyl sites for hydroxylation is 1. The number of carbonyl (C=O) groups excluding carboxylic acids is 1. The van der Waals surface area contributed by atoms with Crippen molar-refractivity contribution in [2.45, 2.75) is 13.5 Å². The van der Waals surface area contributed by atoms with Gasteiger partial charge in [0.1, 0.15) is 12.4 Å². The minimum Gasteiger partial charge on any atom is -0.457 e. The van der Waals surface area contributed by atoms with E-state index in [2.05, 4.69) is 21.7 Å². The molecule has 1 aromatic heterocycles. The van der Waals surface area contributed by atoms with Gasteiger partial charge in [0.05, 0.1) is 16.6 Å². The fraction of sp³-hybridized carbons (Fsp3) is 0.0769. The second-order valence-electron chi connectivity index (χ2n) is 7.25. The average Bonchev–Trinajstić information content (AvgIpc) is 3.12. The summed E-state index contributed by atoms with van der Waals surface area (Å²) < 4.78 is 7.70. The van der Waals surface area contributed by atoms with Crippen molar-refractivity contribution in [1.29, 1.82) is 0 Å². The van der Waals surface area contributed by atoms with E-state index < -0.39 is 0 Å². The van der Waals surface area contributed by atoms with E-state index in [9.17, 15) is 4.79 Å². The Kier molecular flexibility index (Phi) is 4.52. The van der Waals surface area contributed by atoms with Crippen LogP contribution in [0.25, 0.3) is 27.5 Å². The largest absolute Gasteiger partial charge is 0.457 e. The molecule has 4 heteroatoms. The first kappa shape index (κ1) is 18.1. The molecular formula is C26H20N2O2. The lowest BCUT2D eigenvalue weighted by Crippen LogP contribution is -2.05. The van der Waals surface area contributed by atoms with E-state index >= 15 is 0 Å². The monoisotopic (exact) mass is 392 g/mol. The Morgan fingerprint density at radius 1 is 0.900 bits per heavy atom. The van der Waals surface area contributed by atoms with Crippen LogP contribution in [-0.4, -0.2) is 15.5 Å². The molecule has 0 saturated carbocycles. The van der Waals surface area contributed by atoms with Crippen molar-refractivity contribution in [3.8, 4) is 5.69 Å². The molecule has 0 atom stereocenters. The summed E-state index contributed by atoms with van der Waals surface area (Å²) in [5.74, 6) is 0.522. The molecule has 4 nitrogen and oxygen atoms in total. The molecule has 4 aromatic carbocycles. The van der Waals surface area contributed by atoms with Crippen molar-refractivity contribution in [1.82, 2.24) is 9.55 Å². The molecule has 0 aliphatic rings. The maximum atomic E-state index is 12.7. The van der Waals surface area contributed by atoms with Crippen LogP contribution < -0.4 is 0 Å². The van der Waals surface area contributed by atoms with Crippen LogP contribution in [0.5, 0.6) is 0 Å². The zero-order chi connectivity index (χ0) is 20.5. The standard InChI is InChI=1S/C26H20N2O2/c1-18-27-24-16-20(14-15-25(24)28(18)22-11-3-2-4-12-22)26(29)30-17-21-10-7-9-19-8-5-6-13-23(19)21/h2-16H,17H2,1H3. The van der Waals surface area contributed by atoms with Crippen LogP contribution in [0, 0.1) is 6.92 Å². The number of benzene rings is 4. The number of para-hydroxylation sites is 1. The van der Waals surface area contributed by atoms with E-state index in [1.807, 2.05) is 73.7 Å². The predicted molar refractivity (Wildman–Crippen MR) is 119 cm³/mol. The Labute approximate surface area is 174 Å². The fourth-order valence-corrected chi connectivity index (χ4v) is 3.88. The summed E-state index contributed by atoms with van der Waals surface area (Å²) in [5.41, 5.74) is 4.27. The molecule has 0 aliphatic carbocycles. The zero-order valence-electron chi connectivity index (χ0n) is 16.6. The predicted octanol–water partition coefficient (Wildman–Crippen LogP) is 5.84. The summed E-state index contributed by atoms with van der Waals surface area (Å²) in [5, 5.41) is 2.23. The molecule has 0 saturated heterocycles. The third-order valence-electron chi connectivity index (χ3n) is 5.31. The second kappa shape index (κ2) is 7.48. The number of aromatic nitrogens is 2. The third-order valence-corrected chi connectivity index (χ3v) is 5.31. The van der Waals surface area contributed by atoms with Crippen molar-refractivity contribution in [3.05, 3.63) is 108 Å². The third kappa shape index (κ3) is 3.22. The quantitative estimate of drug-likeness (QED) is 0.361. The fourth-order valence-electron chi connectivity index (χ4n) is 3.88. The molecule has 0 spiro atoms. The maximum absolute atomic E-state index is 12.7. The number of imidazole rings is 1. The topological polar surface area (TPSA) is 44.1 Å². The highest BCUT2D eigenvalue weighted by Crippen LogP contribution is 2.23. The van der Waals surface area contributed by atoms with E-state index in [0.29, 0.717) is 5.56 Å². The molecule has 146 valence electrons. The molecule has 0 bridgehead atoms. The van der Waals surface area contributed by atoms with E-state index in [1.54, 1.807) is 12.1 Å². The Bertz CT molecular complexity index is 1360. The van der Waals surface area contributed by atoms with Crippen molar-refractivity contribution in [2.24, 2.45) is 0 Å². The number of nitrogens with zero attached hydrogens (tertiary/aromatic N) is 2. The van der Waals surface area contributed by atoms with Gasteiger partial charge < -0.3 is 4.74 Å². The van der Waals surface area contributed by atoms with Gasteiger partial charge in [0.15, 0.2) is 0 Å². The van der Waals surface area contributed by atoms with Gasteiger partial charge in [-0.05, 0) is 53.6 Å². The normalized spacial score (nSPS) is 11.1. The summed E-state index contributed by atoms with van der Waals surface area (Å²) in [6.07, 6.45) is 0. The molecular weight excluding hydrogens is 372 g/mol. The van der Waals surface area contributed by atoms with Crippen molar-refractivity contribution >= 4 is 27.8 Å². The molecule has 0 aliphatic heterocycles. The number of hydrogen-bond acceptors (Lipinski definition) is 3. The first-order chi connectivity index (χ1) is 14.7. The first-order valence-corrected chi connectivity index (χ1v) is 9.89. The van der Waals surface area contributed by atoms with Crippen LogP contribution in [0.3, 0.4) is 0 Å². The smallest absolute Gasteiger partial charge is 0.338 e. The molecule has 0 amide bonds. The average molecular weight is 392 g/mol. The molecule has 1 heterocycles. The van der Waals surface area contributed by atoms with E-state index in [-0.39, 0.29) is 12.6 Å². The molecule has 30 heavy (non-hydrogen) atoms. The first-order valence-electron chi connectivity index (χ1n) is 9.89. The van der Waals surface area contributed by atoms with Crippen LogP contribution >= 0.6 is 0 Å². The van der Waals surface area contributed by atoms with Gasteiger partial charge in [-0.3, -0.25) is 4.57 Å². The summed E-state index contributed by atoms with van der Waals surface area (Å²) in [6, 6.07) is 29.7. The number of hydrogen-bond donors (Lipinski definition) is 0. The van der Waals surface area contributed by atoms with Crippen LogP contribution in [0.2, 0.25) is 0 Å². The van der Waals surface area contributed by atoms with Gasteiger partial charge in [-0.15, -0.1) is 0 Å². The Morgan fingerprint density at radius 2 is 1.67 bits per heavy atom. The van der Waals surface area contributed by atoms with Gasteiger partial charge >= 0.3 is 5.97 Å². The summed E-state index contributed by atoms with van der Waals surface area (Å²) in [4.78, 5) is 17.3. The van der Waals surface area contributed by atoms with E-state index in [0.717, 1.165) is 38.9 Å². The van der Waals surface area contributed by atoms with Gasteiger partial charge in [-0.2, -0.15) is 0 Å². The Morgan fingerprint density at radius 3 is 2.53 bits per heavy atom. The van der Waals surface area contributed by atoms with Gasteiger partial charge in [0, 0.05) is 5.69 Å². The van der Waals surface area contributed by atoms with Crippen molar-refractivity contribution in [2.75, 3.05) is 0 Å². The Balaban J connectivity index is 1.42. The van der Waals surface area contributed by atoms with Gasteiger partial charge in [-0.1, -0.05) is 60.7 Å². The number of esters is 1. The highest BCUT2D eigenvalue weighted by molar-refractivity contribution is 5.94. The van der Waals surface area contributed by atoms with Gasteiger partial charge in [0.2, 0.25) is 0 Å². The van der Waals surface area contributed by atoms with Crippen LogP contribution in [-0.2, 0) is 11.3 Å². The van der Waals surface area contributed by atoms with Crippen LogP contribution in [0.4, 0.5) is 0 Å².